The van der Waals surface area contributed by atoms with E-state index in [1.807, 2.05) is 6.26 Å². The maximum Gasteiger partial charge on any atom is 0.326 e. The monoisotopic (exact) mass is 480 g/mol. The highest BCUT2D eigenvalue weighted by atomic mass is 32.2. The molecule has 3 atom stereocenters. The molecule has 0 saturated heterocycles. The molecule has 0 fully saturated rings. The number of hydrogen-bond donors (Lipinski definition) is 7. The number of aromatic amines is 2. The molecule has 2 rings (SSSR count). The number of thioether (sulfide) groups is 1. The average molecular weight is 481 g/mol. The van der Waals surface area contributed by atoms with Crippen LogP contribution in [0.3, 0.4) is 0 Å². The maximum atomic E-state index is 13.0. The quantitative estimate of drug-likeness (QED) is 0.162. The smallest absolute Gasteiger partial charge is 0.326 e. The molecular formula is C19H28N8O5S. The fourth-order valence-corrected chi connectivity index (χ4v) is 3.42. The first-order valence-corrected chi connectivity index (χ1v) is 11.5. The van der Waals surface area contributed by atoms with E-state index >= 15 is 0 Å². The van der Waals surface area contributed by atoms with Gasteiger partial charge in [0.2, 0.25) is 17.7 Å². The summed E-state index contributed by atoms with van der Waals surface area (Å²) < 4.78 is 0. The fourth-order valence-electron chi connectivity index (χ4n) is 2.94. The third-order valence-electron chi connectivity index (χ3n) is 4.65. The van der Waals surface area contributed by atoms with Gasteiger partial charge in [-0.2, -0.15) is 11.8 Å². The van der Waals surface area contributed by atoms with Crippen LogP contribution < -0.4 is 21.7 Å². The zero-order valence-corrected chi connectivity index (χ0v) is 18.9. The van der Waals surface area contributed by atoms with Gasteiger partial charge >= 0.3 is 5.97 Å². The van der Waals surface area contributed by atoms with Gasteiger partial charge in [0.1, 0.15) is 18.1 Å². The second-order valence-electron chi connectivity index (χ2n) is 7.13. The molecule has 33 heavy (non-hydrogen) atoms. The standard InChI is InChI=1S/C19H28N8O5S/c1-33-3-2-13(17(29)27-15(19(31)32)5-12-8-22-10-24-12)26-18(30)14(25-16(28)6-20)4-11-7-21-9-23-11/h7-10,13-15H,2-6,20H2,1H3,(H,21,23)(H,22,24)(H,25,28)(H,26,30)(H,27,29)(H,31,32). The fraction of sp³-hybridized carbons (Fsp3) is 0.474. The number of carbonyl (C=O) groups is 4. The van der Waals surface area contributed by atoms with Crippen molar-refractivity contribution in [2.75, 3.05) is 18.6 Å². The van der Waals surface area contributed by atoms with Gasteiger partial charge in [-0.3, -0.25) is 14.4 Å². The van der Waals surface area contributed by atoms with E-state index in [1.54, 1.807) is 0 Å². The molecule has 2 aromatic heterocycles. The molecule has 0 aliphatic rings. The van der Waals surface area contributed by atoms with Gasteiger partial charge in [-0.25, -0.2) is 14.8 Å². The lowest BCUT2D eigenvalue weighted by atomic mass is 10.1. The maximum absolute atomic E-state index is 13.0. The normalized spacial score (nSPS) is 13.5. The highest BCUT2D eigenvalue weighted by Gasteiger charge is 2.30. The summed E-state index contributed by atoms with van der Waals surface area (Å²) in [5, 5.41) is 17.1. The molecule has 0 saturated carbocycles. The van der Waals surface area contributed by atoms with Crippen molar-refractivity contribution in [3.8, 4) is 0 Å². The van der Waals surface area contributed by atoms with Gasteiger partial charge in [0.15, 0.2) is 0 Å². The van der Waals surface area contributed by atoms with Crippen molar-refractivity contribution < 1.29 is 24.3 Å². The molecule has 8 N–H and O–H groups in total. The minimum Gasteiger partial charge on any atom is -0.480 e. The van der Waals surface area contributed by atoms with Crippen LogP contribution in [0.25, 0.3) is 0 Å². The molecule has 0 aromatic carbocycles. The number of nitrogens with two attached hydrogens (primary N) is 1. The minimum absolute atomic E-state index is 0.000720. The van der Waals surface area contributed by atoms with Crippen LogP contribution in [0, 0.1) is 0 Å². The molecule has 0 aliphatic heterocycles. The van der Waals surface area contributed by atoms with Crippen LogP contribution in [-0.4, -0.2) is 85.4 Å². The SMILES string of the molecule is CSCCC(NC(=O)C(Cc1cnc[nH]1)NC(=O)CN)C(=O)NC(Cc1cnc[nH]1)C(=O)O. The Kier molecular flexibility index (Phi) is 10.4. The summed E-state index contributed by atoms with van der Waals surface area (Å²) in [7, 11) is 0. The molecule has 2 aromatic rings. The van der Waals surface area contributed by atoms with Crippen LogP contribution >= 0.6 is 11.8 Å². The van der Waals surface area contributed by atoms with Gasteiger partial charge in [-0.15, -0.1) is 0 Å². The first kappa shape index (κ1) is 25.9. The van der Waals surface area contributed by atoms with E-state index in [-0.39, 0.29) is 25.8 Å². The van der Waals surface area contributed by atoms with E-state index in [1.165, 1.54) is 36.8 Å². The van der Waals surface area contributed by atoms with Crippen molar-refractivity contribution in [1.82, 2.24) is 35.9 Å². The predicted octanol–water partition coefficient (Wildman–Crippen LogP) is -1.83. The predicted molar refractivity (Wildman–Crippen MR) is 120 cm³/mol. The first-order valence-electron chi connectivity index (χ1n) is 10.1. The van der Waals surface area contributed by atoms with E-state index in [2.05, 4.69) is 35.9 Å². The van der Waals surface area contributed by atoms with E-state index < -0.39 is 41.8 Å². The number of aromatic nitrogens is 4. The molecule has 0 bridgehead atoms. The number of carboxylic acids is 1. The molecular weight excluding hydrogens is 452 g/mol. The average Bonchev–Trinajstić information content (AvgIpc) is 3.49. The number of hydrogen-bond acceptors (Lipinski definition) is 8. The number of carboxylic acid groups (broad SMARTS) is 1. The lowest BCUT2D eigenvalue weighted by Crippen LogP contribution is -2.57. The number of amides is 3. The molecule has 0 aliphatic carbocycles. The highest BCUT2D eigenvalue weighted by molar-refractivity contribution is 7.98. The lowest BCUT2D eigenvalue weighted by molar-refractivity contribution is -0.142. The Morgan fingerprint density at radius 3 is 2.00 bits per heavy atom. The Bertz CT molecular complexity index is 905. The largest absolute Gasteiger partial charge is 0.480 e. The summed E-state index contributed by atoms with van der Waals surface area (Å²) in [6.07, 6.45) is 8.04. The number of H-pyrrole nitrogens is 2. The van der Waals surface area contributed by atoms with Gasteiger partial charge in [0.05, 0.1) is 19.2 Å². The molecule has 13 nitrogen and oxygen atoms in total. The Hall–Kier alpha value is -3.39. The first-order chi connectivity index (χ1) is 15.8. The van der Waals surface area contributed by atoms with Gasteiger partial charge in [-0.1, -0.05) is 0 Å². The molecule has 3 amide bonds. The molecule has 2 heterocycles. The summed E-state index contributed by atoms with van der Waals surface area (Å²) in [5.74, 6) is -2.47. The van der Waals surface area contributed by atoms with E-state index in [9.17, 15) is 24.3 Å². The van der Waals surface area contributed by atoms with Gasteiger partial charge in [-0.05, 0) is 18.4 Å². The topological polar surface area (TPSA) is 208 Å². The van der Waals surface area contributed by atoms with Crippen LogP contribution in [0.4, 0.5) is 0 Å². The summed E-state index contributed by atoms with van der Waals surface area (Å²) >= 11 is 1.47. The van der Waals surface area contributed by atoms with Crippen LogP contribution in [0.15, 0.2) is 25.0 Å². The van der Waals surface area contributed by atoms with Crippen LogP contribution in [0.5, 0.6) is 0 Å². The summed E-state index contributed by atoms with van der Waals surface area (Å²) in [6.45, 7) is -0.308. The lowest BCUT2D eigenvalue weighted by Gasteiger charge is -2.24. The summed E-state index contributed by atoms with van der Waals surface area (Å²) in [6, 6.07) is -3.23. The third kappa shape index (κ3) is 8.57. The summed E-state index contributed by atoms with van der Waals surface area (Å²) in [4.78, 5) is 62.7. The number of imidazole rings is 2. The molecule has 180 valence electrons. The molecule has 0 radical (unpaired) electrons. The molecule has 3 unspecified atom stereocenters. The van der Waals surface area contributed by atoms with Crippen molar-refractivity contribution in [3.05, 3.63) is 36.4 Å². The van der Waals surface area contributed by atoms with Crippen molar-refractivity contribution in [2.45, 2.75) is 37.4 Å². The van der Waals surface area contributed by atoms with E-state index in [0.717, 1.165) is 0 Å². The van der Waals surface area contributed by atoms with E-state index in [0.29, 0.717) is 17.1 Å². The molecule has 0 spiro atoms. The van der Waals surface area contributed by atoms with Gasteiger partial charge in [0, 0.05) is 36.6 Å². The van der Waals surface area contributed by atoms with Gasteiger partial charge in [0.25, 0.3) is 0 Å². The van der Waals surface area contributed by atoms with Crippen LogP contribution in [-0.2, 0) is 32.0 Å². The second kappa shape index (κ2) is 13.2. The number of nitrogens with one attached hydrogen (secondary N) is 5. The number of rotatable bonds is 14. The number of nitrogens with zero attached hydrogens (tertiary/aromatic N) is 2. The zero-order valence-electron chi connectivity index (χ0n) is 18.0. The van der Waals surface area contributed by atoms with Crippen LogP contribution in [0.1, 0.15) is 17.8 Å². The van der Waals surface area contributed by atoms with Crippen LogP contribution in [0.2, 0.25) is 0 Å². The summed E-state index contributed by atoms with van der Waals surface area (Å²) in [5.41, 5.74) is 6.49. The van der Waals surface area contributed by atoms with Gasteiger partial charge < -0.3 is 36.8 Å². The Labute approximate surface area is 194 Å². The molecule has 14 heteroatoms. The van der Waals surface area contributed by atoms with Crippen molar-refractivity contribution >= 4 is 35.5 Å². The van der Waals surface area contributed by atoms with Crippen molar-refractivity contribution in [2.24, 2.45) is 5.73 Å². The Balaban J connectivity index is 2.11. The minimum atomic E-state index is -1.22. The van der Waals surface area contributed by atoms with E-state index in [4.69, 9.17) is 5.73 Å². The van der Waals surface area contributed by atoms with Crippen molar-refractivity contribution in [3.63, 3.8) is 0 Å². The van der Waals surface area contributed by atoms with Crippen molar-refractivity contribution in [1.29, 1.82) is 0 Å². The zero-order chi connectivity index (χ0) is 24.2. The Morgan fingerprint density at radius 2 is 1.52 bits per heavy atom. The number of aliphatic carboxylic acids is 1. The number of carbonyl (C=O) groups excluding carboxylic acids is 3. The highest BCUT2D eigenvalue weighted by Crippen LogP contribution is 2.06. The second-order valence-corrected chi connectivity index (χ2v) is 8.11. The Morgan fingerprint density at radius 1 is 0.970 bits per heavy atom. The third-order valence-corrected chi connectivity index (χ3v) is 5.30.